The Hall–Kier alpha value is -0.123. The third kappa shape index (κ3) is 4.46. The quantitative estimate of drug-likeness (QED) is 0.269. The van der Waals surface area contributed by atoms with Gasteiger partial charge in [-0.3, -0.25) is 0 Å². The summed E-state index contributed by atoms with van der Waals surface area (Å²) in [5, 5.41) is 9.36. The lowest BCUT2D eigenvalue weighted by Gasteiger charge is -2.59. The molecule has 4 aliphatic rings. The molecule has 8 atom stereocenters. The Labute approximate surface area is 206 Å². The Kier molecular flexibility index (Phi) is 7.94. The van der Waals surface area contributed by atoms with Crippen LogP contribution in [0.2, 0.25) is 18.1 Å². The van der Waals surface area contributed by atoms with Crippen molar-refractivity contribution in [2.45, 2.75) is 130 Å². The SMILES string of the molecule is CC[Si](CC)(CC)O[C@H]1CC[C@@]2(C)C(=CC[C@H]3[C@@H]4CC[C@H]([C@H](C)CCCO)[C@@]4(C)CC[C@@H]32)C1. The summed E-state index contributed by atoms with van der Waals surface area (Å²) in [6, 6.07) is 3.82. The van der Waals surface area contributed by atoms with Crippen LogP contribution in [0.4, 0.5) is 0 Å². The zero-order valence-electron chi connectivity index (χ0n) is 22.8. The number of rotatable bonds is 9. The largest absolute Gasteiger partial charge is 0.414 e. The maximum atomic E-state index is 9.36. The van der Waals surface area contributed by atoms with Crippen molar-refractivity contribution in [2.24, 2.45) is 40.4 Å². The summed E-state index contributed by atoms with van der Waals surface area (Å²) in [4.78, 5) is 0. The van der Waals surface area contributed by atoms with Crippen molar-refractivity contribution >= 4 is 8.32 Å². The van der Waals surface area contributed by atoms with E-state index in [0.717, 1.165) is 36.0 Å². The van der Waals surface area contributed by atoms with Crippen LogP contribution in [-0.2, 0) is 4.43 Å². The molecule has 0 unspecified atom stereocenters. The Morgan fingerprint density at radius 2 is 1.76 bits per heavy atom. The van der Waals surface area contributed by atoms with E-state index in [-0.39, 0.29) is 0 Å². The van der Waals surface area contributed by atoms with Gasteiger partial charge in [-0.05, 0) is 123 Å². The van der Waals surface area contributed by atoms with Crippen molar-refractivity contribution in [1.82, 2.24) is 0 Å². The first kappa shape index (κ1) is 26.0. The predicted molar refractivity (Wildman–Crippen MR) is 143 cm³/mol. The smallest absolute Gasteiger partial charge is 0.192 e. The first-order chi connectivity index (χ1) is 15.8. The Bertz CT molecular complexity index is 691. The second kappa shape index (κ2) is 10.1. The molecule has 4 aliphatic carbocycles. The molecule has 1 N–H and O–H groups in total. The summed E-state index contributed by atoms with van der Waals surface area (Å²) in [7, 11) is -1.52. The second-order valence-electron chi connectivity index (χ2n) is 13.1. The normalized spacial score (nSPS) is 41.7. The summed E-state index contributed by atoms with van der Waals surface area (Å²) in [5.41, 5.74) is 2.74. The van der Waals surface area contributed by atoms with E-state index in [4.69, 9.17) is 4.43 Å². The molecule has 0 spiro atoms. The van der Waals surface area contributed by atoms with E-state index in [1.54, 1.807) is 5.57 Å². The average molecular weight is 475 g/mol. The van der Waals surface area contributed by atoms with Crippen LogP contribution in [-0.4, -0.2) is 26.1 Å². The van der Waals surface area contributed by atoms with Gasteiger partial charge in [0.2, 0.25) is 0 Å². The molecule has 3 fully saturated rings. The van der Waals surface area contributed by atoms with Crippen molar-refractivity contribution in [3.63, 3.8) is 0 Å². The molecule has 0 bridgehead atoms. The van der Waals surface area contributed by atoms with Crippen LogP contribution in [0.1, 0.15) is 106 Å². The van der Waals surface area contributed by atoms with Gasteiger partial charge < -0.3 is 9.53 Å². The highest BCUT2D eigenvalue weighted by molar-refractivity contribution is 6.73. The van der Waals surface area contributed by atoms with Crippen molar-refractivity contribution < 1.29 is 9.53 Å². The molecular formula is C30H54O2Si. The molecule has 3 saturated carbocycles. The third-order valence-corrected chi connectivity index (χ3v) is 16.7. The van der Waals surface area contributed by atoms with Crippen LogP contribution >= 0.6 is 0 Å². The molecule has 0 aromatic heterocycles. The average Bonchev–Trinajstić information content (AvgIpc) is 3.18. The van der Waals surface area contributed by atoms with Crippen molar-refractivity contribution in [3.05, 3.63) is 11.6 Å². The molecule has 0 amide bonds. The van der Waals surface area contributed by atoms with Gasteiger partial charge in [0.25, 0.3) is 0 Å². The van der Waals surface area contributed by atoms with E-state index in [1.165, 1.54) is 75.9 Å². The number of hydrogen-bond acceptors (Lipinski definition) is 2. The van der Waals surface area contributed by atoms with Gasteiger partial charge in [-0.2, -0.15) is 0 Å². The molecule has 190 valence electrons. The van der Waals surface area contributed by atoms with E-state index >= 15 is 0 Å². The fourth-order valence-electron chi connectivity index (χ4n) is 9.67. The number of aliphatic hydroxyl groups is 1. The van der Waals surface area contributed by atoms with Crippen LogP contribution < -0.4 is 0 Å². The molecular weight excluding hydrogens is 420 g/mol. The maximum Gasteiger partial charge on any atom is 0.192 e. The number of allylic oxidation sites excluding steroid dienone is 1. The molecule has 0 radical (unpaired) electrons. The summed E-state index contributed by atoms with van der Waals surface area (Å²) in [6.45, 7) is 15.3. The molecule has 4 rings (SSSR count). The summed E-state index contributed by atoms with van der Waals surface area (Å²) >= 11 is 0. The predicted octanol–water partition coefficient (Wildman–Crippen LogP) is 8.36. The lowest BCUT2D eigenvalue weighted by molar-refractivity contribution is -0.0565. The lowest BCUT2D eigenvalue weighted by atomic mass is 9.47. The van der Waals surface area contributed by atoms with E-state index in [2.05, 4.69) is 47.6 Å². The lowest BCUT2D eigenvalue weighted by Crippen LogP contribution is -2.51. The zero-order valence-corrected chi connectivity index (χ0v) is 23.8. The highest BCUT2D eigenvalue weighted by Gasteiger charge is 2.59. The van der Waals surface area contributed by atoms with Crippen LogP contribution in [0.15, 0.2) is 11.6 Å². The standard InChI is InChI=1S/C30H54O2Si/c1-7-33(8-2,9-3)32-24-16-18-29(5)23(21-24)12-13-25-27-15-14-26(22(4)11-10-20-31)30(27,6)19-17-28(25)29/h12,22,24-28,31H,7-11,13-21H2,1-6H3/t22-,24+,25+,26-,27+,28+,29+,30-/m1/s1. The molecule has 33 heavy (non-hydrogen) atoms. The topological polar surface area (TPSA) is 29.5 Å². The van der Waals surface area contributed by atoms with Gasteiger partial charge in [0.05, 0.1) is 0 Å². The van der Waals surface area contributed by atoms with Gasteiger partial charge in [0.1, 0.15) is 0 Å². The summed E-state index contributed by atoms with van der Waals surface area (Å²) in [5.74, 6) is 4.35. The van der Waals surface area contributed by atoms with Crippen molar-refractivity contribution in [3.8, 4) is 0 Å². The Morgan fingerprint density at radius 3 is 2.42 bits per heavy atom. The first-order valence-electron chi connectivity index (χ1n) is 14.7. The first-order valence-corrected chi connectivity index (χ1v) is 17.3. The minimum Gasteiger partial charge on any atom is -0.414 e. The van der Waals surface area contributed by atoms with Gasteiger partial charge in [-0.15, -0.1) is 0 Å². The minimum absolute atomic E-state index is 0.358. The molecule has 0 aromatic rings. The monoisotopic (exact) mass is 474 g/mol. The van der Waals surface area contributed by atoms with Crippen LogP contribution in [0.25, 0.3) is 0 Å². The summed E-state index contributed by atoms with van der Waals surface area (Å²) < 4.78 is 6.99. The zero-order chi connectivity index (χ0) is 23.9. The minimum atomic E-state index is -1.52. The Morgan fingerprint density at radius 1 is 1.03 bits per heavy atom. The van der Waals surface area contributed by atoms with Crippen LogP contribution in [0.5, 0.6) is 0 Å². The fraction of sp³-hybridized carbons (Fsp3) is 0.933. The molecule has 3 heteroatoms. The molecule has 0 aromatic carbocycles. The fourth-order valence-corrected chi connectivity index (χ4v) is 12.6. The molecule has 0 aliphatic heterocycles. The van der Waals surface area contributed by atoms with E-state index in [9.17, 15) is 5.11 Å². The van der Waals surface area contributed by atoms with Crippen molar-refractivity contribution in [1.29, 1.82) is 0 Å². The second-order valence-corrected chi connectivity index (χ2v) is 17.8. The molecule has 0 heterocycles. The highest BCUT2D eigenvalue weighted by atomic mass is 28.4. The third-order valence-electron chi connectivity index (χ3n) is 12.0. The molecule has 0 saturated heterocycles. The maximum absolute atomic E-state index is 9.36. The van der Waals surface area contributed by atoms with Gasteiger partial charge in [0.15, 0.2) is 8.32 Å². The van der Waals surface area contributed by atoms with Gasteiger partial charge in [-0.25, -0.2) is 0 Å². The van der Waals surface area contributed by atoms with Crippen molar-refractivity contribution in [2.75, 3.05) is 6.61 Å². The highest BCUT2D eigenvalue weighted by Crippen LogP contribution is 2.67. The molecule has 2 nitrogen and oxygen atoms in total. The van der Waals surface area contributed by atoms with E-state index in [0.29, 0.717) is 23.5 Å². The van der Waals surface area contributed by atoms with Gasteiger partial charge >= 0.3 is 0 Å². The van der Waals surface area contributed by atoms with Crippen LogP contribution in [0.3, 0.4) is 0 Å². The number of aliphatic hydroxyl groups excluding tert-OH is 1. The van der Waals surface area contributed by atoms with Gasteiger partial charge in [0, 0.05) is 12.7 Å². The van der Waals surface area contributed by atoms with Crippen LogP contribution in [0, 0.1) is 40.4 Å². The number of fused-ring (bicyclic) bond motifs is 5. The Balaban J connectivity index is 1.49. The van der Waals surface area contributed by atoms with E-state index < -0.39 is 8.32 Å². The van der Waals surface area contributed by atoms with E-state index in [1.807, 2.05) is 0 Å². The summed E-state index contributed by atoms with van der Waals surface area (Å²) in [6.07, 6.45) is 16.4. The number of hydrogen-bond donors (Lipinski definition) is 1. The van der Waals surface area contributed by atoms with Gasteiger partial charge in [-0.1, -0.05) is 53.2 Å².